The van der Waals surface area contributed by atoms with Crippen LogP contribution in [0.3, 0.4) is 0 Å². The smallest absolute Gasteiger partial charge is 0.0444 e. The maximum absolute atomic E-state index is 3.73. The fourth-order valence-electron chi connectivity index (χ4n) is 3.87. The highest BCUT2D eigenvalue weighted by atomic mass is 15.2. The standard InChI is InChI=1S/C18H28N2/c1-14-8-7-9-15-12-19-18(2,3)13-20(17(14)15)16-10-5-4-6-11-16/h7-9,16,19H,4-6,10-13H2,1-3H3. The molecule has 20 heavy (non-hydrogen) atoms. The van der Waals surface area contributed by atoms with Crippen molar-refractivity contribution in [3.05, 3.63) is 29.3 Å². The van der Waals surface area contributed by atoms with Crippen LogP contribution in [-0.4, -0.2) is 18.1 Å². The molecule has 2 aliphatic rings. The summed E-state index contributed by atoms with van der Waals surface area (Å²) in [5.41, 5.74) is 4.61. The average molecular weight is 272 g/mol. The highest BCUT2D eigenvalue weighted by Crippen LogP contribution is 2.35. The molecule has 1 aromatic carbocycles. The maximum atomic E-state index is 3.73. The number of nitrogens with zero attached hydrogens (tertiary/aromatic N) is 1. The highest BCUT2D eigenvalue weighted by molar-refractivity contribution is 5.61. The third kappa shape index (κ3) is 2.71. The molecule has 0 spiro atoms. The number of anilines is 1. The van der Waals surface area contributed by atoms with Gasteiger partial charge in [-0.05, 0) is 44.7 Å². The normalized spacial score (nSPS) is 23.2. The Kier molecular flexibility index (Phi) is 3.76. The van der Waals surface area contributed by atoms with Crippen LogP contribution in [0.1, 0.15) is 57.1 Å². The quantitative estimate of drug-likeness (QED) is 0.831. The number of para-hydroxylation sites is 1. The van der Waals surface area contributed by atoms with Gasteiger partial charge in [0.25, 0.3) is 0 Å². The molecular weight excluding hydrogens is 244 g/mol. The number of rotatable bonds is 1. The Bertz CT molecular complexity index is 472. The minimum Gasteiger partial charge on any atom is -0.366 e. The van der Waals surface area contributed by atoms with Crippen LogP contribution in [-0.2, 0) is 6.54 Å². The van der Waals surface area contributed by atoms with Crippen LogP contribution in [0, 0.1) is 6.92 Å². The predicted molar refractivity (Wildman–Crippen MR) is 86.3 cm³/mol. The first kappa shape index (κ1) is 13.9. The Morgan fingerprint density at radius 1 is 1.15 bits per heavy atom. The summed E-state index contributed by atoms with van der Waals surface area (Å²) >= 11 is 0. The largest absolute Gasteiger partial charge is 0.366 e. The lowest BCUT2D eigenvalue weighted by molar-refractivity contribution is 0.353. The van der Waals surface area contributed by atoms with Crippen LogP contribution in [0.5, 0.6) is 0 Å². The van der Waals surface area contributed by atoms with Crippen molar-refractivity contribution < 1.29 is 0 Å². The second-order valence-corrected chi connectivity index (χ2v) is 7.24. The van der Waals surface area contributed by atoms with E-state index in [1.165, 1.54) is 48.9 Å². The first-order chi connectivity index (χ1) is 9.57. The summed E-state index contributed by atoms with van der Waals surface area (Å²) in [4.78, 5) is 2.73. The zero-order chi connectivity index (χ0) is 14.2. The molecule has 1 heterocycles. The molecule has 1 aliphatic heterocycles. The molecular formula is C18H28N2. The summed E-state index contributed by atoms with van der Waals surface area (Å²) in [5, 5.41) is 3.73. The van der Waals surface area contributed by atoms with Gasteiger partial charge < -0.3 is 10.2 Å². The van der Waals surface area contributed by atoms with Crippen LogP contribution in [0.25, 0.3) is 0 Å². The lowest BCUT2D eigenvalue weighted by Gasteiger charge is -2.40. The van der Waals surface area contributed by atoms with E-state index in [1.807, 2.05) is 0 Å². The van der Waals surface area contributed by atoms with Crippen molar-refractivity contribution in [3.63, 3.8) is 0 Å². The van der Waals surface area contributed by atoms with Crippen LogP contribution in [0.2, 0.25) is 0 Å². The van der Waals surface area contributed by atoms with E-state index < -0.39 is 0 Å². The predicted octanol–water partition coefficient (Wildman–Crippen LogP) is 4.02. The van der Waals surface area contributed by atoms with Gasteiger partial charge >= 0.3 is 0 Å². The second-order valence-electron chi connectivity index (χ2n) is 7.24. The molecule has 0 radical (unpaired) electrons. The molecule has 1 saturated carbocycles. The Morgan fingerprint density at radius 2 is 1.90 bits per heavy atom. The van der Waals surface area contributed by atoms with Gasteiger partial charge in [-0.25, -0.2) is 0 Å². The van der Waals surface area contributed by atoms with Crippen LogP contribution in [0.15, 0.2) is 18.2 Å². The molecule has 0 atom stereocenters. The zero-order valence-electron chi connectivity index (χ0n) is 13.2. The summed E-state index contributed by atoms with van der Waals surface area (Å²) < 4.78 is 0. The molecule has 1 aliphatic carbocycles. The van der Waals surface area contributed by atoms with E-state index in [0.29, 0.717) is 0 Å². The molecule has 0 amide bonds. The summed E-state index contributed by atoms with van der Waals surface area (Å²) in [6.07, 6.45) is 6.95. The Labute approximate surface area is 123 Å². The van der Waals surface area contributed by atoms with E-state index in [0.717, 1.165) is 19.1 Å². The van der Waals surface area contributed by atoms with Crippen molar-refractivity contribution in [2.45, 2.75) is 71.0 Å². The van der Waals surface area contributed by atoms with E-state index in [1.54, 1.807) is 0 Å². The summed E-state index contributed by atoms with van der Waals surface area (Å²) in [6.45, 7) is 9.06. The molecule has 1 fully saturated rings. The number of benzene rings is 1. The molecule has 0 saturated heterocycles. The summed E-state index contributed by atoms with van der Waals surface area (Å²) in [6, 6.07) is 7.51. The minimum absolute atomic E-state index is 0.183. The van der Waals surface area contributed by atoms with Crippen LogP contribution < -0.4 is 10.2 Å². The third-order valence-corrected chi connectivity index (χ3v) is 4.95. The first-order valence-electron chi connectivity index (χ1n) is 8.17. The SMILES string of the molecule is Cc1cccc2c1N(C1CCCCC1)CC(C)(C)NC2. The van der Waals surface area contributed by atoms with Gasteiger partial charge in [-0.1, -0.05) is 37.5 Å². The van der Waals surface area contributed by atoms with Crippen molar-refractivity contribution in [1.29, 1.82) is 0 Å². The van der Waals surface area contributed by atoms with Crippen molar-refractivity contribution in [3.8, 4) is 0 Å². The van der Waals surface area contributed by atoms with Gasteiger partial charge in [-0.15, -0.1) is 0 Å². The van der Waals surface area contributed by atoms with E-state index in [-0.39, 0.29) is 5.54 Å². The summed E-state index contributed by atoms with van der Waals surface area (Å²) in [7, 11) is 0. The first-order valence-corrected chi connectivity index (χ1v) is 8.17. The van der Waals surface area contributed by atoms with Gasteiger partial charge in [-0.2, -0.15) is 0 Å². The molecule has 2 heteroatoms. The molecule has 1 aromatic rings. The minimum atomic E-state index is 0.183. The average Bonchev–Trinajstić information content (AvgIpc) is 2.58. The van der Waals surface area contributed by atoms with Gasteiger partial charge in [-0.3, -0.25) is 0 Å². The van der Waals surface area contributed by atoms with Crippen molar-refractivity contribution >= 4 is 5.69 Å². The molecule has 0 unspecified atom stereocenters. The van der Waals surface area contributed by atoms with E-state index in [4.69, 9.17) is 0 Å². The lowest BCUT2D eigenvalue weighted by atomic mass is 9.91. The number of hydrogen-bond donors (Lipinski definition) is 1. The Morgan fingerprint density at radius 3 is 2.65 bits per heavy atom. The number of fused-ring (bicyclic) bond motifs is 1. The monoisotopic (exact) mass is 272 g/mol. The second kappa shape index (κ2) is 5.40. The van der Waals surface area contributed by atoms with Crippen molar-refractivity contribution in [2.75, 3.05) is 11.4 Å². The highest BCUT2D eigenvalue weighted by Gasteiger charge is 2.32. The van der Waals surface area contributed by atoms with Gasteiger partial charge in [0.15, 0.2) is 0 Å². The van der Waals surface area contributed by atoms with Crippen LogP contribution in [0.4, 0.5) is 5.69 Å². The van der Waals surface area contributed by atoms with Gasteiger partial charge in [0.05, 0.1) is 0 Å². The molecule has 0 bridgehead atoms. The molecule has 0 aromatic heterocycles. The lowest BCUT2D eigenvalue weighted by Crippen LogP contribution is -2.50. The summed E-state index contributed by atoms with van der Waals surface area (Å²) in [5.74, 6) is 0. The van der Waals surface area contributed by atoms with Crippen LogP contribution >= 0.6 is 0 Å². The van der Waals surface area contributed by atoms with Gasteiger partial charge in [0.2, 0.25) is 0 Å². The fraction of sp³-hybridized carbons (Fsp3) is 0.667. The van der Waals surface area contributed by atoms with Gasteiger partial charge in [0.1, 0.15) is 0 Å². The number of nitrogens with one attached hydrogen (secondary N) is 1. The van der Waals surface area contributed by atoms with Gasteiger partial charge in [0, 0.05) is 30.4 Å². The van der Waals surface area contributed by atoms with E-state index in [9.17, 15) is 0 Å². The molecule has 3 rings (SSSR count). The van der Waals surface area contributed by atoms with E-state index >= 15 is 0 Å². The topological polar surface area (TPSA) is 15.3 Å². The third-order valence-electron chi connectivity index (χ3n) is 4.95. The number of aryl methyl sites for hydroxylation is 1. The molecule has 2 nitrogen and oxygen atoms in total. The maximum Gasteiger partial charge on any atom is 0.0444 e. The van der Waals surface area contributed by atoms with E-state index in [2.05, 4.69) is 49.2 Å². The fourth-order valence-corrected chi connectivity index (χ4v) is 3.87. The Balaban J connectivity index is 2.00. The molecule has 1 N–H and O–H groups in total. The zero-order valence-corrected chi connectivity index (χ0v) is 13.2. The van der Waals surface area contributed by atoms with Crippen molar-refractivity contribution in [1.82, 2.24) is 5.32 Å². The Hall–Kier alpha value is -1.02. The number of hydrogen-bond acceptors (Lipinski definition) is 2. The molecule has 110 valence electrons. The van der Waals surface area contributed by atoms with Crippen molar-refractivity contribution in [2.24, 2.45) is 0 Å².